The van der Waals surface area contributed by atoms with Gasteiger partial charge in [-0.05, 0) is 72.6 Å². The molecule has 0 spiro atoms. The van der Waals surface area contributed by atoms with Crippen molar-refractivity contribution in [1.29, 1.82) is 0 Å². The minimum atomic E-state index is -0.783. The first-order valence-electron chi connectivity index (χ1n) is 12.2. The standard InChI is InChI=1S/C28H20BrCl2N3O6S/c1-13(2)39-27(36)23-14(3)32-28-33(25(23)15-4-6-17(30)7-5-15)26(35)22(41-28)12-18-8-9-21(40-18)16-10-19(31)24(29)20(11-16)34(37)38/h4-13,25H,1-3H3/b22-12-/t25-/m0/s1. The number of aromatic nitrogens is 1. The highest BCUT2D eigenvalue weighted by Crippen LogP contribution is 2.37. The molecule has 0 aliphatic carbocycles. The van der Waals surface area contributed by atoms with E-state index in [0.717, 1.165) is 11.3 Å². The molecule has 0 amide bonds. The fourth-order valence-corrected chi connectivity index (χ4v) is 6.13. The van der Waals surface area contributed by atoms with E-state index in [9.17, 15) is 19.7 Å². The molecule has 41 heavy (non-hydrogen) atoms. The molecule has 5 rings (SSSR count). The van der Waals surface area contributed by atoms with Gasteiger partial charge in [-0.3, -0.25) is 19.5 Å². The van der Waals surface area contributed by atoms with Crippen molar-refractivity contribution in [3.63, 3.8) is 0 Å². The van der Waals surface area contributed by atoms with Crippen LogP contribution in [0.4, 0.5) is 5.69 Å². The molecule has 1 aliphatic heterocycles. The molecule has 0 radical (unpaired) electrons. The van der Waals surface area contributed by atoms with Gasteiger partial charge in [0.1, 0.15) is 16.0 Å². The molecule has 1 atom stereocenters. The normalized spacial score (nSPS) is 15.2. The van der Waals surface area contributed by atoms with Crippen LogP contribution in [0, 0.1) is 10.1 Å². The van der Waals surface area contributed by atoms with Gasteiger partial charge >= 0.3 is 5.97 Å². The number of carbonyl (C=O) groups is 1. The largest absolute Gasteiger partial charge is 0.459 e. The molecule has 2 aromatic heterocycles. The molecular formula is C28H20BrCl2N3O6S. The highest BCUT2D eigenvalue weighted by Gasteiger charge is 2.33. The first-order chi connectivity index (χ1) is 19.4. The van der Waals surface area contributed by atoms with Crippen LogP contribution in [0.5, 0.6) is 0 Å². The van der Waals surface area contributed by atoms with Crippen LogP contribution in [0.2, 0.25) is 10.0 Å². The summed E-state index contributed by atoms with van der Waals surface area (Å²) < 4.78 is 13.4. The minimum absolute atomic E-state index is 0.157. The zero-order chi connectivity index (χ0) is 29.6. The molecule has 0 saturated carbocycles. The van der Waals surface area contributed by atoms with Gasteiger partial charge in [-0.15, -0.1) is 0 Å². The fourth-order valence-electron chi connectivity index (χ4n) is 4.39. The maximum atomic E-state index is 13.8. The molecule has 3 heterocycles. The number of halogens is 3. The van der Waals surface area contributed by atoms with Crippen LogP contribution in [-0.4, -0.2) is 21.6 Å². The summed E-state index contributed by atoms with van der Waals surface area (Å²) in [5.74, 6) is 0.105. The minimum Gasteiger partial charge on any atom is -0.459 e. The Morgan fingerprint density at radius 1 is 1.22 bits per heavy atom. The monoisotopic (exact) mass is 675 g/mol. The van der Waals surface area contributed by atoms with Crippen LogP contribution in [0.1, 0.15) is 38.1 Å². The Labute approximate surface area is 255 Å². The van der Waals surface area contributed by atoms with Crippen molar-refractivity contribution in [2.45, 2.75) is 32.9 Å². The van der Waals surface area contributed by atoms with Crippen molar-refractivity contribution in [2.75, 3.05) is 0 Å². The van der Waals surface area contributed by atoms with E-state index in [1.165, 1.54) is 10.6 Å². The predicted octanol–water partition coefficient (Wildman–Crippen LogP) is 6.42. The third kappa shape index (κ3) is 5.67. The Morgan fingerprint density at radius 2 is 1.93 bits per heavy atom. The second kappa shape index (κ2) is 11.4. The number of nitrogens with zero attached hydrogens (tertiary/aromatic N) is 3. The second-order valence-corrected chi connectivity index (χ2v) is 12.0. The number of ether oxygens (including phenoxy) is 1. The van der Waals surface area contributed by atoms with Crippen LogP contribution < -0.4 is 14.9 Å². The van der Waals surface area contributed by atoms with Crippen LogP contribution in [0.15, 0.2) is 78.5 Å². The number of nitro benzene ring substituents is 1. The third-order valence-corrected chi connectivity index (χ3v) is 8.76. The number of nitro groups is 1. The maximum Gasteiger partial charge on any atom is 0.338 e. The van der Waals surface area contributed by atoms with Crippen molar-refractivity contribution in [1.82, 2.24) is 4.57 Å². The fraction of sp³-hybridized carbons (Fsp3) is 0.179. The lowest BCUT2D eigenvalue weighted by atomic mass is 9.96. The quantitative estimate of drug-likeness (QED) is 0.132. The average Bonchev–Trinajstić information content (AvgIpc) is 3.49. The highest BCUT2D eigenvalue weighted by atomic mass is 79.9. The van der Waals surface area contributed by atoms with Crippen molar-refractivity contribution >= 4 is 68.2 Å². The van der Waals surface area contributed by atoms with E-state index in [-0.39, 0.29) is 32.4 Å². The van der Waals surface area contributed by atoms with Gasteiger partial charge in [0, 0.05) is 22.7 Å². The van der Waals surface area contributed by atoms with Crippen LogP contribution in [0.25, 0.3) is 17.4 Å². The summed E-state index contributed by atoms with van der Waals surface area (Å²) in [5.41, 5.74) is 1.18. The average molecular weight is 677 g/mol. The van der Waals surface area contributed by atoms with E-state index in [4.69, 9.17) is 32.4 Å². The lowest BCUT2D eigenvalue weighted by molar-refractivity contribution is -0.385. The van der Waals surface area contributed by atoms with E-state index in [0.29, 0.717) is 42.7 Å². The zero-order valence-corrected chi connectivity index (χ0v) is 25.6. The van der Waals surface area contributed by atoms with Gasteiger partial charge in [0.2, 0.25) is 0 Å². The smallest absolute Gasteiger partial charge is 0.338 e. The van der Waals surface area contributed by atoms with E-state index >= 15 is 0 Å². The number of esters is 1. The molecule has 0 saturated heterocycles. The second-order valence-electron chi connectivity index (χ2n) is 9.34. The van der Waals surface area contributed by atoms with E-state index in [1.54, 1.807) is 69.3 Å². The van der Waals surface area contributed by atoms with Gasteiger partial charge in [0.25, 0.3) is 11.2 Å². The Kier molecular flexibility index (Phi) is 8.06. The summed E-state index contributed by atoms with van der Waals surface area (Å²) >= 11 is 16.6. The van der Waals surface area contributed by atoms with Gasteiger partial charge in [-0.1, -0.05) is 46.7 Å². The van der Waals surface area contributed by atoms with E-state index in [2.05, 4.69) is 20.9 Å². The molecule has 210 valence electrons. The SMILES string of the molecule is CC1=C(C(=O)OC(C)C)[C@H](c2ccc(Cl)cc2)n2c(s/c(=C\c3ccc(-c4cc(Cl)c(Br)c([N+](=O)[O-])c4)o3)c2=O)=N1. The predicted molar refractivity (Wildman–Crippen MR) is 160 cm³/mol. The number of fused-ring (bicyclic) bond motifs is 1. The topological polar surface area (TPSA) is 117 Å². The third-order valence-electron chi connectivity index (χ3n) is 6.16. The summed E-state index contributed by atoms with van der Waals surface area (Å²) in [6, 6.07) is 12.3. The molecule has 4 aromatic rings. The maximum absolute atomic E-state index is 13.8. The van der Waals surface area contributed by atoms with Gasteiger partial charge < -0.3 is 9.15 Å². The number of allylic oxidation sites excluding steroid dienone is 1. The molecule has 0 unspecified atom stereocenters. The Hall–Kier alpha value is -3.51. The zero-order valence-electron chi connectivity index (χ0n) is 21.7. The number of carbonyl (C=O) groups excluding carboxylic acids is 1. The van der Waals surface area contributed by atoms with E-state index in [1.807, 2.05) is 0 Å². The van der Waals surface area contributed by atoms with E-state index < -0.39 is 16.9 Å². The van der Waals surface area contributed by atoms with Crippen LogP contribution >= 0.6 is 50.5 Å². The number of rotatable bonds is 6. The van der Waals surface area contributed by atoms with Gasteiger partial charge in [0.05, 0.1) is 37.9 Å². The first kappa shape index (κ1) is 29.0. The van der Waals surface area contributed by atoms with Crippen molar-refractivity contribution in [2.24, 2.45) is 4.99 Å². The molecule has 2 aromatic carbocycles. The summed E-state index contributed by atoms with van der Waals surface area (Å²) in [5, 5.41) is 12.1. The number of benzene rings is 2. The summed E-state index contributed by atoms with van der Waals surface area (Å²) in [7, 11) is 0. The van der Waals surface area contributed by atoms with Gasteiger partial charge in [-0.2, -0.15) is 0 Å². The summed E-state index contributed by atoms with van der Waals surface area (Å²) in [4.78, 5) is 42.8. The lowest BCUT2D eigenvalue weighted by Gasteiger charge is -2.25. The van der Waals surface area contributed by atoms with Crippen molar-refractivity contribution in [3.05, 3.63) is 115 Å². The number of hydrogen-bond acceptors (Lipinski definition) is 8. The Balaban J connectivity index is 1.62. The summed E-state index contributed by atoms with van der Waals surface area (Å²) in [6.07, 6.45) is 1.19. The molecule has 9 nitrogen and oxygen atoms in total. The lowest BCUT2D eigenvalue weighted by Crippen LogP contribution is -2.40. The van der Waals surface area contributed by atoms with Crippen molar-refractivity contribution in [3.8, 4) is 11.3 Å². The van der Waals surface area contributed by atoms with Gasteiger partial charge in [0.15, 0.2) is 4.80 Å². The Bertz CT molecular complexity index is 1920. The van der Waals surface area contributed by atoms with Crippen molar-refractivity contribution < 1.29 is 18.9 Å². The summed E-state index contributed by atoms with van der Waals surface area (Å²) in [6.45, 7) is 5.20. The number of furan rings is 1. The van der Waals surface area contributed by atoms with Gasteiger partial charge in [-0.25, -0.2) is 9.79 Å². The van der Waals surface area contributed by atoms with Crippen LogP contribution in [0.3, 0.4) is 0 Å². The highest BCUT2D eigenvalue weighted by molar-refractivity contribution is 9.10. The van der Waals surface area contributed by atoms with Crippen LogP contribution in [-0.2, 0) is 9.53 Å². The molecular weight excluding hydrogens is 657 g/mol. The molecule has 0 bridgehead atoms. The first-order valence-corrected chi connectivity index (χ1v) is 14.5. The molecule has 1 aliphatic rings. The molecule has 0 fully saturated rings. The molecule has 0 N–H and O–H groups in total. The number of hydrogen-bond donors (Lipinski definition) is 0. The molecule has 13 heteroatoms. The number of thiazole rings is 1. The Morgan fingerprint density at radius 3 is 2.59 bits per heavy atom.